The number of carbonyl (C=O) groups is 1. The Morgan fingerprint density at radius 3 is 2.59 bits per heavy atom. The molecular formula is C27H18Cl2F2N4O4. The van der Waals surface area contributed by atoms with E-state index in [2.05, 4.69) is 15.2 Å². The van der Waals surface area contributed by atoms with Gasteiger partial charge in [-0.2, -0.15) is 5.10 Å². The molecule has 0 fully saturated rings. The molecule has 6 rings (SSSR count). The molecule has 3 aromatic carbocycles. The molecule has 39 heavy (non-hydrogen) atoms. The molecule has 0 radical (unpaired) electrons. The molecule has 0 saturated carbocycles. The first kappa shape index (κ1) is 25.1. The Kier molecular flexibility index (Phi) is 5.96. The van der Waals surface area contributed by atoms with Crippen molar-refractivity contribution in [1.29, 1.82) is 0 Å². The highest BCUT2D eigenvalue weighted by Gasteiger charge is 2.45. The van der Waals surface area contributed by atoms with Gasteiger partial charge in [-0.3, -0.25) is 14.9 Å². The SMILES string of the molecule is CC(F)(F)CN1C(=O)c2[nH]nc(-c3cccc4[nH]c(=O)oc34)c2C1c1ccc(Oc2ccc(Cl)cc2)c(Cl)c1. The zero-order valence-electron chi connectivity index (χ0n) is 20.1. The fraction of sp³-hybridized carbons (Fsp3) is 0.148. The normalized spacial score (nSPS) is 15.3. The number of alkyl halides is 2. The Bertz CT molecular complexity index is 1790. The van der Waals surface area contributed by atoms with Crippen LogP contribution in [0.5, 0.6) is 11.5 Å². The smallest absolute Gasteiger partial charge is 0.417 e. The van der Waals surface area contributed by atoms with Crippen molar-refractivity contribution in [3.8, 4) is 22.8 Å². The van der Waals surface area contributed by atoms with Crippen molar-refractivity contribution >= 4 is 40.2 Å². The number of nitrogens with zero attached hydrogens (tertiary/aromatic N) is 2. The number of oxazole rings is 1. The summed E-state index contributed by atoms with van der Waals surface area (Å²) in [5.41, 5.74) is 2.25. The van der Waals surface area contributed by atoms with Crippen LogP contribution >= 0.6 is 23.2 Å². The number of halogens is 4. The van der Waals surface area contributed by atoms with Gasteiger partial charge in [0.15, 0.2) is 5.58 Å². The van der Waals surface area contributed by atoms with Gasteiger partial charge in [0.1, 0.15) is 22.9 Å². The fourth-order valence-corrected chi connectivity index (χ4v) is 5.12. The molecule has 0 saturated heterocycles. The Balaban J connectivity index is 1.47. The van der Waals surface area contributed by atoms with E-state index in [-0.39, 0.29) is 22.0 Å². The second-order valence-electron chi connectivity index (χ2n) is 9.21. The first-order chi connectivity index (χ1) is 18.6. The lowest BCUT2D eigenvalue weighted by molar-refractivity contribution is -0.0147. The summed E-state index contributed by atoms with van der Waals surface area (Å²) in [6.45, 7) is -0.100. The first-order valence-electron chi connectivity index (χ1n) is 11.7. The standard InChI is InChI=1S/C27H18Cl2F2N4O4/c1-27(30,31)12-35-23(13-5-10-19(17(29)11-13)38-15-8-6-14(28)7-9-15)20-21(33-34-22(20)25(35)36)16-3-2-4-18-24(16)39-26(37)32-18/h2-11,23H,12H2,1H3,(H,32,37)(H,33,34). The molecule has 3 heterocycles. The third-order valence-electron chi connectivity index (χ3n) is 6.33. The number of H-pyrrole nitrogens is 2. The number of fused-ring (bicyclic) bond motifs is 2. The van der Waals surface area contributed by atoms with E-state index < -0.39 is 30.2 Å². The van der Waals surface area contributed by atoms with E-state index >= 15 is 0 Å². The van der Waals surface area contributed by atoms with E-state index in [9.17, 15) is 18.4 Å². The number of benzene rings is 3. The van der Waals surface area contributed by atoms with Crippen LogP contribution in [0.1, 0.15) is 34.6 Å². The molecule has 0 bridgehead atoms. The van der Waals surface area contributed by atoms with E-state index in [1.807, 2.05) is 0 Å². The van der Waals surface area contributed by atoms with Crippen molar-refractivity contribution in [1.82, 2.24) is 20.1 Å². The number of aromatic amines is 2. The Morgan fingerprint density at radius 1 is 1.10 bits per heavy atom. The van der Waals surface area contributed by atoms with Crippen molar-refractivity contribution < 1.29 is 22.7 Å². The molecular weight excluding hydrogens is 553 g/mol. The average molecular weight is 571 g/mol. The van der Waals surface area contributed by atoms with Crippen LogP contribution in [0.2, 0.25) is 10.0 Å². The van der Waals surface area contributed by atoms with Crippen molar-refractivity contribution in [3.63, 3.8) is 0 Å². The van der Waals surface area contributed by atoms with Crippen LogP contribution in [0.3, 0.4) is 0 Å². The molecule has 198 valence electrons. The van der Waals surface area contributed by atoms with E-state index in [1.54, 1.807) is 60.7 Å². The van der Waals surface area contributed by atoms with Crippen LogP contribution in [0.25, 0.3) is 22.4 Å². The molecule has 1 aliphatic heterocycles. The molecule has 5 aromatic rings. The molecule has 12 heteroatoms. The highest BCUT2D eigenvalue weighted by Crippen LogP contribution is 2.46. The van der Waals surface area contributed by atoms with Gasteiger partial charge >= 0.3 is 5.76 Å². The summed E-state index contributed by atoms with van der Waals surface area (Å²) in [5.74, 6) is -3.66. The third kappa shape index (κ3) is 4.55. The van der Waals surface area contributed by atoms with E-state index in [0.717, 1.165) is 11.8 Å². The van der Waals surface area contributed by atoms with Gasteiger partial charge in [-0.15, -0.1) is 0 Å². The van der Waals surface area contributed by atoms with Crippen LogP contribution in [0.15, 0.2) is 69.9 Å². The second-order valence-corrected chi connectivity index (χ2v) is 10.1. The molecule has 8 nitrogen and oxygen atoms in total. The number of ether oxygens (including phenoxy) is 1. The summed E-state index contributed by atoms with van der Waals surface area (Å²) in [5, 5.41) is 7.77. The van der Waals surface area contributed by atoms with Crippen molar-refractivity contribution in [2.45, 2.75) is 18.9 Å². The van der Waals surface area contributed by atoms with E-state index in [4.69, 9.17) is 32.4 Å². The zero-order chi connectivity index (χ0) is 27.5. The van der Waals surface area contributed by atoms with Crippen molar-refractivity contribution in [3.05, 3.63) is 98.1 Å². The predicted molar refractivity (Wildman–Crippen MR) is 141 cm³/mol. The van der Waals surface area contributed by atoms with Crippen molar-refractivity contribution in [2.24, 2.45) is 0 Å². The van der Waals surface area contributed by atoms with Gasteiger partial charge in [-0.05, 0) is 54.1 Å². The lowest BCUT2D eigenvalue weighted by Gasteiger charge is -2.29. The fourth-order valence-electron chi connectivity index (χ4n) is 4.77. The summed E-state index contributed by atoms with van der Waals surface area (Å²) < 4.78 is 39.8. The molecule has 0 aliphatic carbocycles. The predicted octanol–water partition coefficient (Wildman–Crippen LogP) is 6.81. The monoisotopic (exact) mass is 570 g/mol. The lowest BCUT2D eigenvalue weighted by Crippen LogP contribution is -2.38. The van der Waals surface area contributed by atoms with Crippen LogP contribution in [0.4, 0.5) is 8.78 Å². The number of para-hydroxylation sites is 1. The van der Waals surface area contributed by atoms with Crippen LogP contribution in [-0.4, -0.2) is 38.5 Å². The summed E-state index contributed by atoms with van der Waals surface area (Å²) >= 11 is 12.5. The molecule has 1 unspecified atom stereocenters. The first-order valence-corrected chi connectivity index (χ1v) is 12.5. The Labute approximate surface area is 229 Å². The largest absolute Gasteiger partial charge is 0.456 e. The van der Waals surface area contributed by atoms with Crippen molar-refractivity contribution in [2.75, 3.05) is 6.54 Å². The maximum Gasteiger partial charge on any atom is 0.417 e. The summed E-state index contributed by atoms with van der Waals surface area (Å²) in [7, 11) is 0. The Hall–Kier alpha value is -4.15. The minimum atomic E-state index is -3.18. The number of hydrogen-bond donors (Lipinski definition) is 2. The lowest BCUT2D eigenvalue weighted by atomic mass is 9.95. The van der Waals surface area contributed by atoms with Crippen LogP contribution in [-0.2, 0) is 0 Å². The highest BCUT2D eigenvalue weighted by molar-refractivity contribution is 6.32. The number of amides is 1. The zero-order valence-corrected chi connectivity index (χ0v) is 21.6. The third-order valence-corrected chi connectivity index (χ3v) is 6.87. The average Bonchev–Trinajstić information content (AvgIpc) is 3.54. The molecule has 2 aromatic heterocycles. The summed E-state index contributed by atoms with van der Waals surface area (Å²) in [6, 6.07) is 15.6. The van der Waals surface area contributed by atoms with Gasteiger partial charge in [0, 0.05) is 23.1 Å². The van der Waals surface area contributed by atoms with Gasteiger partial charge in [-0.25, -0.2) is 13.6 Å². The molecule has 1 atom stereocenters. The summed E-state index contributed by atoms with van der Waals surface area (Å²) in [4.78, 5) is 28.9. The highest BCUT2D eigenvalue weighted by atomic mass is 35.5. The molecule has 1 aliphatic rings. The number of hydrogen-bond acceptors (Lipinski definition) is 5. The van der Waals surface area contributed by atoms with E-state index in [0.29, 0.717) is 38.7 Å². The van der Waals surface area contributed by atoms with Crippen LogP contribution in [0, 0.1) is 0 Å². The van der Waals surface area contributed by atoms with Crippen LogP contribution < -0.4 is 10.5 Å². The minimum Gasteiger partial charge on any atom is -0.456 e. The van der Waals surface area contributed by atoms with Gasteiger partial charge in [-0.1, -0.05) is 35.3 Å². The molecule has 1 amide bonds. The maximum absolute atomic E-state index is 14.3. The molecule has 2 N–H and O–H groups in total. The summed E-state index contributed by atoms with van der Waals surface area (Å²) in [6.07, 6.45) is 0. The number of aromatic nitrogens is 3. The topological polar surface area (TPSA) is 104 Å². The number of nitrogens with one attached hydrogen (secondary N) is 2. The maximum atomic E-state index is 14.3. The van der Waals surface area contributed by atoms with Gasteiger partial charge in [0.25, 0.3) is 11.8 Å². The van der Waals surface area contributed by atoms with Gasteiger partial charge < -0.3 is 14.1 Å². The quantitative estimate of drug-likeness (QED) is 0.233. The number of carbonyl (C=O) groups excluding carboxylic acids is 1. The Morgan fingerprint density at radius 2 is 1.87 bits per heavy atom. The van der Waals surface area contributed by atoms with Gasteiger partial charge in [0.05, 0.1) is 23.1 Å². The molecule has 0 spiro atoms. The number of rotatable bonds is 6. The second kappa shape index (κ2) is 9.25. The van der Waals surface area contributed by atoms with E-state index in [1.165, 1.54) is 0 Å². The van der Waals surface area contributed by atoms with Gasteiger partial charge in [0.2, 0.25) is 0 Å². The minimum absolute atomic E-state index is 0.0618.